The van der Waals surface area contributed by atoms with E-state index in [2.05, 4.69) is 26.4 Å². The predicted octanol–water partition coefficient (Wildman–Crippen LogP) is 3.36. The highest BCUT2D eigenvalue weighted by Gasteiger charge is 2.40. The number of benzene rings is 2. The van der Waals surface area contributed by atoms with Crippen LogP contribution in [0.4, 0.5) is 15.0 Å². The van der Waals surface area contributed by atoms with Gasteiger partial charge < -0.3 is 10.6 Å². The molecule has 33 heavy (non-hydrogen) atoms. The zero-order valence-electron chi connectivity index (χ0n) is 17.9. The number of hydrogen-bond donors (Lipinski definition) is 4. The Morgan fingerprint density at radius 3 is 2.70 bits per heavy atom. The van der Waals surface area contributed by atoms with E-state index in [1.54, 1.807) is 22.9 Å². The van der Waals surface area contributed by atoms with E-state index in [1.807, 2.05) is 30.3 Å². The van der Waals surface area contributed by atoms with Crippen molar-refractivity contribution in [2.45, 2.75) is 38.1 Å². The number of fused-ring (bicyclic) bond motifs is 1. The lowest BCUT2D eigenvalue weighted by Gasteiger charge is -2.34. The second kappa shape index (κ2) is 9.03. The standard InChI is InChI=1S/C24H25FN6O2/c25-17-11-9-15(10-12-17)14-26-24(33)28-21-13-20(16-5-2-1-3-6-16)30-31(21)23-27-19-8-4-7-18(19)22(32)29-23/h1-3,5-6,9-13,18-19,23,27H,4,7-8,14H2,(H,29,32)(H2,26,28,33). The average Bonchev–Trinajstić information content (AvgIpc) is 3.47. The maximum atomic E-state index is 13.1. The lowest BCUT2D eigenvalue weighted by molar-refractivity contribution is -0.130. The fourth-order valence-corrected chi connectivity index (χ4v) is 4.47. The fraction of sp³-hybridized carbons (Fsp3) is 0.292. The number of anilines is 1. The zero-order chi connectivity index (χ0) is 22.8. The highest BCUT2D eigenvalue weighted by molar-refractivity contribution is 5.89. The average molecular weight is 449 g/mol. The quantitative estimate of drug-likeness (QED) is 0.481. The Labute approximate surface area is 190 Å². The van der Waals surface area contributed by atoms with Crippen LogP contribution < -0.4 is 21.3 Å². The van der Waals surface area contributed by atoms with Gasteiger partial charge in [-0.05, 0) is 30.5 Å². The molecule has 2 fully saturated rings. The molecule has 2 aromatic carbocycles. The molecule has 170 valence electrons. The summed E-state index contributed by atoms with van der Waals surface area (Å²) in [6, 6.07) is 17.0. The van der Waals surface area contributed by atoms with Gasteiger partial charge in [-0.2, -0.15) is 5.10 Å². The number of carbonyl (C=O) groups is 2. The van der Waals surface area contributed by atoms with Gasteiger partial charge in [0.15, 0.2) is 6.29 Å². The van der Waals surface area contributed by atoms with Crippen LogP contribution in [0.2, 0.25) is 0 Å². The van der Waals surface area contributed by atoms with E-state index >= 15 is 0 Å². The van der Waals surface area contributed by atoms with Crippen molar-refractivity contribution in [1.29, 1.82) is 0 Å². The van der Waals surface area contributed by atoms with Crippen molar-refractivity contribution in [3.05, 3.63) is 72.0 Å². The summed E-state index contributed by atoms with van der Waals surface area (Å²) in [6.45, 7) is 0.244. The number of halogens is 1. The summed E-state index contributed by atoms with van der Waals surface area (Å²) in [4.78, 5) is 25.3. The van der Waals surface area contributed by atoms with Crippen molar-refractivity contribution in [1.82, 2.24) is 25.7 Å². The minimum Gasteiger partial charge on any atom is -0.334 e. The second-order valence-electron chi connectivity index (χ2n) is 8.38. The normalized spacial score (nSPS) is 21.8. The monoisotopic (exact) mass is 448 g/mol. The highest BCUT2D eigenvalue weighted by Crippen LogP contribution is 2.31. The molecule has 1 saturated carbocycles. The van der Waals surface area contributed by atoms with Crippen LogP contribution in [-0.2, 0) is 11.3 Å². The molecule has 2 aliphatic rings. The summed E-state index contributed by atoms with van der Waals surface area (Å²) < 4.78 is 14.7. The lowest BCUT2D eigenvalue weighted by Crippen LogP contribution is -2.57. The molecule has 9 heteroatoms. The van der Waals surface area contributed by atoms with E-state index in [9.17, 15) is 14.0 Å². The molecule has 3 unspecified atom stereocenters. The van der Waals surface area contributed by atoms with Crippen LogP contribution in [0.3, 0.4) is 0 Å². The molecule has 0 radical (unpaired) electrons. The number of urea groups is 1. The van der Waals surface area contributed by atoms with Crippen molar-refractivity contribution in [3.8, 4) is 11.3 Å². The molecule has 4 N–H and O–H groups in total. The first-order valence-electron chi connectivity index (χ1n) is 11.1. The van der Waals surface area contributed by atoms with E-state index in [0.717, 1.165) is 30.4 Å². The molecule has 3 atom stereocenters. The van der Waals surface area contributed by atoms with E-state index in [-0.39, 0.29) is 30.2 Å². The summed E-state index contributed by atoms with van der Waals surface area (Å²) in [5, 5.41) is 16.8. The van der Waals surface area contributed by atoms with Gasteiger partial charge in [0.1, 0.15) is 11.6 Å². The zero-order valence-corrected chi connectivity index (χ0v) is 17.9. The summed E-state index contributed by atoms with van der Waals surface area (Å²) in [7, 11) is 0. The maximum Gasteiger partial charge on any atom is 0.320 e. The molecule has 1 aromatic heterocycles. The molecule has 3 amide bonds. The number of aromatic nitrogens is 2. The van der Waals surface area contributed by atoms with Gasteiger partial charge in [0.2, 0.25) is 5.91 Å². The third-order valence-electron chi connectivity index (χ3n) is 6.16. The molecule has 1 aliphatic carbocycles. The number of rotatable bonds is 5. The van der Waals surface area contributed by atoms with Crippen molar-refractivity contribution < 1.29 is 14.0 Å². The van der Waals surface area contributed by atoms with Crippen molar-refractivity contribution >= 4 is 17.8 Å². The van der Waals surface area contributed by atoms with E-state index in [1.165, 1.54) is 12.1 Å². The van der Waals surface area contributed by atoms with Crippen LogP contribution in [0.1, 0.15) is 31.1 Å². The Morgan fingerprint density at radius 1 is 1.12 bits per heavy atom. The molecule has 8 nitrogen and oxygen atoms in total. The smallest absolute Gasteiger partial charge is 0.320 e. The Kier molecular flexibility index (Phi) is 5.78. The Morgan fingerprint density at radius 2 is 1.91 bits per heavy atom. The maximum absolute atomic E-state index is 13.1. The Balaban J connectivity index is 1.37. The van der Waals surface area contributed by atoms with Gasteiger partial charge >= 0.3 is 6.03 Å². The third kappa shape index (κ3) is 4.58. The molecule has 0 bridgehead atoms. The topological polar surface area (TPSA) is 100 Å². The Hall–Kier alpha value is -3.72. The Bertz CT molecular complexity index is 1150. The van der Waals surface area contributed by atoms with Crippen molar-refractivity contribution in [2.75, 3.05) is 5.32 Å². The number of hydrogen-bond acceptors (Lipinski definition) is 4. The van der Waals surface area contributed by atoms with Gasteiger partial charge in [-0.3, -0.25) is 15.4 Å². The van der Waals surface area contributed by atoms with Crippen LogP contribution in [-0.4, -0.2) is 27.8 Å². The molecule has 1 aliphatic heterocycles. The molecule has 3 aromatic rings. The van der Waals surface area contributed by atoms with Crippen LogP contribution in [0.25, 0.3) is 11.3 Å². The van der Waals surface area contributed by atoms with E-state index < -0.39 is 12.3 Å². The van der Waals surface area contributed by atoms with Crippen LogP contribution >= 0.6 is 0 Å². The molecular weight excluding hydrogens is 423 g/mol. The van der Waals surface area contributed by atoms with E-state index in [0.29, 0.717) is 11.5 Å². The van der Waals surface area contributed by atoms with Crippen LogP contribution in [0.15, 0.2) is 60.7 Å². The van der Waals surface area contributed by atoms with E-state index in [4.69, 9.17) is 0 Å². The van der Waals surface area contributed by atoms with Crippen molar-refractivity contribution in [2.24, 2.45) is 5.92 Å². The number of nitrogens with zero attached hydrogens (tertiary/aromatic N) is 2. The van der Waals surface area contributed by atoms with Gasteiger partial charge in [0.25, 0.3) is 0 Å². The number of amides is 3. The first-order chi connectivity index (χ1) is 16.1. The predicted molar refractivity (Wildman–Crippen MR) is 121 cm³/mol. The minimum atomic E-state index is -0.568. The molecular formula is C24H25FN6O2. The summed E-state index contributed by atoms with van der Waals surface area (Å²) in [5.74, 6) is 0.0947. The first kappa shape index (κ1) is 21.1. The van der Waals surface area contributed by atoms with Gasteiger partial charge in [0.05, 0.1) is 11.6 Å². The van der Waals surface area contributed by atoms with Crippen LogP contribution in [0, 0.1) is 11.7 Å². The lowest BCUT2D eigenvalue weighted by atomic mass is 10.0. The number of carbonyl (C=O) groups excluding carboxylic acids is 2. The third-order valence-corrected chi connectivity index (χ3v) is 6.16. The second-order valence-corrected chi connectivity index (χ2v) is 8.38. The van der Waals surface area contributed by atoms with Crippen LogP contribution in [0.5, 0.6) is 0 Å². The fourth-order valence-electron chi connectivity index (χ4n) is 4.47. The first-order valence-corrected chi connectivity index (χ1v) is 11.1. The molecule has 1 saturated heterocycles. The summed E-state index contributed by atoms with van der Waals surface area (Å²) >= 11 is 0. The van der Waals surface area contributed by atoms with Gasteiger partial charge in [-0.25, -0.2) is 13.9 Å². The SMILES string of the molecule is O=C(NCc1ccc(F)cc1)Nc1cc(-c2ccccc2)nn1C1NC(=O)C2CCCC2N1. The number of nitrogens with one attached hydrogen (secondary N) is 4. The largest absolute Gasteiger partial charge is 0.334 e. The minimum absolute atomic E-state index is 0.00437. The molecule has 5 rings (SSSR count). The van der Waals surface area contributed by atoms with Gasteiger partial charge in [-0.15, -0.1) is 0 Å². The summed E-state index contributed by atoms with van der Waals surface area (Å²) in [6.07, 6.45) is 2.25. The molecule has 2 heterocycles. The van der Waals surface area contributed by atoms with Crippen molar-refractivity contribution in [3.63, 3.8) is 0 Å². The van der Waals surface area contributed by atoms with Gasteiger partial charge in [-0.1, -0.05) is 48.9 Å². The summed E-state index contributed by atoms with van der Waals surface area (Å²) in [5.41, 5.74) is 2.35. The van der Waals surface area contributed by atoms with Gasteiger partial charge in [0, 0.05) is 24.2 Å². The highest BCUT2D eigenvalue weighted by atomic mass is 19.1. The molecule has 0 spiro atoms.